The Morgan fingerprint density at radius 2 is 1.88 bits per heavy atom. The third-order valence-electron chi connectivity index (χ3n) is 3.15. The van der Waals surface area contributed by atoms with Crippen LogP contribution in [0.25, 0.3) is 0 Å². The summed E-state index contributed by atoms with van der Waals surface area (Å²) in [6.07, 6.45) is 0.307. The van der Waals surface area contributed by atoms with Gasteiger partial charge in [0.15, 0.2) is 12.4 Å². The van der Waals surface area contributed by atoms with Gasteiger partial charge in [0.2, 0.25) is 0 Å². The van der Waals surface area contributed by atoms with Gasteiger partial charge < -0.3 is 10.1 Å². The average Bonchev–Trinajstić information content (AvgIpc) is 2.57. The van der Waals surface area contributed by atoms with Gasteiger partial charge in [-0.1, -0.05) is 47.8 Å². The van der Waals surface area contributed by atoms with Crippen molar-refractivity contribution in [2.75, 3.05) is 11.9 Å². The molecule has 0 saturated carbocycles. The average molecular weight is 387 g/mol. The maximum atomic E-state index is 12.0. The van der Waals surface area contributed by atoms with E-state index in [2.05, 4.69) is 5.32 Å². The minimum atomic E-state index is -0.427. The molecule has 1 N–H and O–H groups in total. The highest BCUT2D eigenvalue weighted by Gasteiger charge is 2.14. The summed E-state index contributed by atoms with van der Waals surface area (Å²) in [4.78, 5) is 24.0. The third-order valence-corrected chi connectivity index (χ3v) is 4.20. The molecule has 2 aromatic rings. The Kier molecular flexibility index (Phi) is 6.49. The lowest BCUT2D eigenvalue weighted by atomic mass is 10.1. The molecule has 24 heavy (non-hydrogen) atoms. The SMILES string of the molecule is CCC(=O)c1cc(Cl)ccc1OCC(=O)Nc1cccc(Cl)c1Cl. The molecule has 0 spiro atoms. The monoisotopic (exact) mass is 385 g/mol. The zero-order valence-electron chi connectivity index (χ0n) is 12.7. The van der Waals surface area contributed by atoms with E-state index >= 15 is 0 Å². The van der Waals surface area contributed by atoms with Gasteiger partial charge >= 0.3 is 0 Å². The van der Waals surface area contributed by atoms with Gasteiger partial charge in [0.05, 0.1) is 21.3 Å². The normalized spacial score (nSPS) is 10.3. The number of halogens is 3. The molecule has 0 saturated heterocycles. The molecule has 0 unspecified atom stereocenters. The van der Waals surface area contributed by atoms with E-state index in [-0.39, 0.29) is 17.4 Å². The van der Waals surface area contributed by atoms with Crippen LogP contribution in [0.15, 0.2) is 36.4 Å². The number of carbonyl (C=O) groups excluding carboxylic acids is 2. The lowest BCUT2D eigenvalue weighted by Crippen LogP contribution is -2.21. The molecule has 0 aliphatic heterocycles. The van der Waals surface area contributed by atoms with Crippen LogP contribution in [0.1, 0.15) is 23.7 Å². The molecule has 126 valence electrons. The van der Waals surface area contributed by atoms with Gasteiger partial charge in [-0.25, -0.2) is 0 Å². The molecule has 0 radical (unpaired) electrons. The van der Waals surface area contributed by atoms with E-state index in [0.717, 1.165) is 0 Å². The second kappa shape index (κ2) is 8.38. The number of nitrogens with one attached hydrogen (secondary N) is 1. The summed E-state index contributed by atoms with van der Waals surface area (Å²) in [6, 6.07) is 9.59. The van der Waals surface area contributed by atoms with Crippen molar-refractivity contribution in [2.45, 2.75) is 13.3 Å². The van der Waals surface area contributed by atoms with Crippen LogP contribution >= 0.6 is 34.8 Å². The minimum Gasteiger partial charge on any atom is -0.483 e. The number of carbonyl (C=O) groups is 2. The quantitative estimate of drug-likeness (QED) is 0.689. The lowest BCUT2D eigenvalue weighted by molar-refractivity contribution is -0.118. The summed E-state index contributed by atoms with van der Waals surface area (Å²) < 4.78 is 5.45. The van der Waals surface area contributed by atoms with E-state index in [1.54, 1.807) is 37.3 Å². The van der Waals surface area contributed by atoms with Crippen molar-refractivity contribution in [1.29, 1.82) is 0 Å². The van der Waals surface area contributed by atoms with E-state index in [9.17, 15) is 9.59 Å². The van der Waals surface area contributed by atoms with Crippen LogP contribution in [0.4, 0.5) is 5.69 Å². The zero-order chi connectivity index (χ0) is 17.7. The predicted molar refractivity (Wildman–Crippen MR) is 96.7 cm³/mol. The van der Waals surface area contributed by atoms with Gasteiger partial charge in [0, 0.05) is 11.4 Å². The summed E-state index contributed by atoms with van der Waals surface area (Å²) in [5.41, 5.74) is 0.734. The first-order valence-electron chi connectivity index (χ1n) is 7.11. The van der Waals surface area contributed by atoms with Crippen molar-refractivity contribution in [3.05, 3.63) is 57.0 Å². The molecule has 7 heteroatoms. The maximum absolute atomic E-state index is 12.0. The number of ether oxygens (including phenoxy) is 1. The fourth-order valence-corrected chi connectivity index (χ4v) is 2.49. The number of ketones is 1. The van der Waals surface area contributed by atoms with Crippen molar-refractivity contribution >= 4 is 52.2 Å². The van der Waals surface area contributed by atoms with Gasteiger partial charge in [-0.15, -0.1) is 0 Å². The molecule has 0 aromatic heterocycles. The summed E-state index contributed by atoms with van der Waals surface area (Å²) in [7, 11) is 0. The Morgan fingerprint density at radius 3 is 2.58 bits per heavy atom. The molecule has 0 aliphatic carbocycles. The summed E-state index contributed by atoms with van der Waals surface area (Å²) in [6.45, 7) is 1.45. The molecule has 0 aliphatic rings. The number of hydrogen-bond acceptors (Lipinski definition) is 3. The van der Waals surface area contributed by atoms with Crippen LogP contribution in [-0.2, 0) is 4.79 Å². The van der Waals surface area contributed by atoms with Gasteiger partial charge in [0.1, 0.15) is 5.75 Å². The largest absolute Gasteiger partial charge is 0.483 e. The molecule has 4 nitrogen and oxygen atoms in total. The Morgan fingerprint density at radius 1 is 1.12 bits per heavy atom. The minimum absolute atomic E-state index is 0.120. The van der Waals surface area contributed by atoms with E-state index in [4.69, 9.17) is 39.5 Å². The molecule has 2 rings (SSSR count). The first-order valence-corrected chi connectivity index (χ1v) is 8.25. The highest BCUT2D eigenvalue weighted by atomic mass is 35.5. The number of anilines is 1. The number of hydrogen-bond donors (Lipinski definition) is 1. The topological polar surface area (TPSA) is 55.4 Å². The van der Waals surface area contributed by atoms with Crippen LogP contribution in [0.5, 0.6) is 5.75 Å². The molecule has 0 atom stereocenters. The van der Waals surface area contributed by atoms with Crippen LogP contribution in [0.2, 0.25) is 15.1 Å². The highest BCUT2D eigenvalue weighted by molar-refractivity contribution is 6.44. The summed E-state index contributed by atoms with van der Waals surface area (Å²) >= 11 is 17.8. The van der Waals surface area contributed by atoms with E-state index in [0.29, 0.717) is 33.5 Å². The third kappa shape index (κ3) is 4.63. The molecule has 2 aromatic carbocycles. The van der Waals surface area contributed by atoms with Crippen LogP contribution in [0, 0.1) is 0 Å². The summed E-state index contributed by atoms with van der Waals surface area (Å²) in [5, 5.41) is 3.62. The van der Waals surface area contributed by atoms with Gasteiger partial charge in [-0.3, -0.25) is 9.59 Å². The van der Waals surface area contributed by atoms with Crippen LogP contribution < -0.4 is 10.1 Å². The number of amides is 1. The van der Waals surface area contributed by atoms with Crippen molar-refractivity contribution in [1.82, 2.24) is 0 Å². The van der Waals surface area contributed by atoms with Crippen molar-refractivity contribution in [3.8, 4) is 5.75 Å². The van der Waals surface area contributed by atoms with Gasteiger partial charge in [-0.2, -0.15) is 0 Å². The Labute approximate surface area is 154 Å². The molecular formula is C17H14Cl3NO3. The smallest absolute Gasteiger partial charge is 0.262 e. The fourth-order valence-electron chi connectivity index (χ4n) is 1.97. The Balaban J connectivity index is 2.07. The van der Waals surface area contributed by atoms with E-state index < -0.39 is 5.91 Å². The van der Waals surface area contributed by atoms with E-state index in [1.807, 2.05) is 0 Å². The fraction of sp³-hybridized carbons (Fsp3) is 0.176. The van der Waals surface area contributed by atoms with Gasteiger partial charge in [0.25, 0.3) is 5.91 Å². The Hall–Kier alpha value is -1.75. The second-order valence-electron chi connectivity index (χ2n) is 4.86. The standard InChI is InChI=1S/C17H14Cl3NO3/c1-2-14(22)11-8-10(18)6-7-15(11)24-9-16(23)21-13-5-3-4-12(19)17(13)20/h3-8H,2,9H2,1H3,(H,21,23). The highest BCUT2D eigenvalue weighted by Crippen LogP contribution is 2.29. The first-order chi connectivity index (χ1) is 11.4. The lowest BCUT2D eigenvalue weighted by Gasteiger charge is -2.12. The molecular weight excluding hydrogens is 373 g/mol. The predicted octanol–water partition coefficient (Wildman–Crippen LogP) is 5.26. The molecule has 0 bridgehead atoms. The first kappa shape index (κ1) is 18.6. The van der Waals surface area contributed by atoms with Crippen molar-refractivity contribution in [3.63, 3.8) is 0 Å². The number of Topliss-reactive ketones (excluding diaryl/α,β-unsaturated/α-hetero) is 1. The van der Waals surface area contributed by atoms with Crippen molar-refractivity contribution < 1.29 is 14.3 Å². The van der Waals surface area contributed by atoms with Crippen LogP contribution in [0.3, 0.4) is 0 Å². The summed E-state index contributed by atoms with van der Waals surface area (Å²) in [5.74, 6) is -0.242. The second-order valence-corrected chi connectivity index (χ2v) is 6.08. The molecule has 0 heterocycles. The number of benzene rings is 2. The maximum Gasteiger partial charge on any atom is 0.262 e. The molecule has 1 amide bonds. The Bertz CT molecular complexity index is 778. The molecule has 0 fully saturated rings. The zero-order valence-corrected chi connectivity index (χ0v) is 15.0. The van der Waals surface area contributed by atoms with Crippen molar-refractivity contribution in [2.24, 2.45) is 0 Å². The van der Waals surface area contributed by atoms with Crippen LogP contribution in [-0.4, -0.2) is 18.3 Å². The van der Waals surface area contributed by atoms with E-state index in [1.165, 1.54) is 6.07 Å². The van der Waals surface area contributed by atoms with Gasteiger partial charge in [-0.05, 0) is 30.3 Å². The number of rotatable bonds is 6.